The minimum atomic E-state index is -0.401. The maximum absolute atomic E-state index is 11.1. The van der Waals surface area contributed by atoms with Gasteiger partial charge in [-0.05, 0) is 30.5 Å². The molecule has 0 N–H and O–H groups in total. The van der Waals surface area contributed by atoms with Crippen LogP contribution >= 0.6 is 0 Å². The Kier molecular flexibility index (Phi) is 4.52. The molecule has 0 aliphatic heterocycles. The smallest absolute Gasteiger partial charge is 0.337 e. The summed E-state index contributed by atoms with van der Waals surface area (Å²) in [4.78, 5) is 11.1. The van der Waals surface area contributed by atoms with Crippen LogP contribution in [0, 0.1) is 0 Å². The first-order chi connectivity index (χ1) is 7.63. The molecule has 0 atom stereocenters. The molecule has 2 nitrogen and oxygen atoms in total. The summed E-state index contributed by atoms with van der Waals surface area (Å²) in [6.45, 7) is 7.22. The fourth-order valence-corrected chi connectivity index (χ4v) is 1.14. The van der Waals surface area contributed by atoms with Crippen LogP contribution in [0.2, 0.25) is 0 Å². The van der Waals surface area contributed by atoms with Crippen molar-refractivity contribution < 1.29 is 9.53 Å². The molecule has 0 aromatic heterocycles. The molecule has 0 aliphatic rings. The van der Waals surface area contributed by atoms with Gasteiger partial charge in [-0.15, -0.1) is 0 Å². The van der Waals surface area contributed by atoms with Gasteiger partial charge < -0.3 is 4.74 Å². The Hall–Kier alpha value is -1.83. The molecule has 0 saturated carbocycles. The second-order valence-electron chi connectivity index (χ2n) is 3.58. The van der Waals surface area contributed by atoms with E-state index in [1.54, 1.807) is 13.0 Å². The Morgan fingerprint density at radius 3 is 2.50 bits per heavy atom. The van der Waals surface area contributed by atoms with E-state index in [2.05, 4.69) is 25.6 Å². The third-order valence-electron chi connectivity index (χ3n) is 2.17. The molecule has 0 heterocycles. The van der Waals surface area contributed by atoms with Crippen LogP contribution in [0.4, 0.5) is 0 Å². The van der Waals surface area contributed by atoms with Gasteiger partial charge in [-0.3, -0.25) is 0 Å². The Labute approximate surface area is 96.2 Å². The van der Waals surface area contributed by atoms with Gasteiger partial charge in [-0.1, -0.05) is 37.8 Å². The number of carbonyl (C=O) groups excluding carboxylic acids is 1. The summed E-state index contributed by atoms with van der Waals surface area (Å²) in [6, 6.07) is 8.09. The Morgan fingerprint density at radius 2 is 2.00 bits per heavy atom. The number of rotatable bonds is 4. The van der Waals surface area contributed by atoms with Crippen molar-refractivity contribution >= 4 is 12.0 Å². The van der Waals surface area contributed by atoms with Gasteiger partial charge in [0.1, 0.15) is 0 Å². The van der Waals surface area contributed by atoms with E-state index in [9.17, 15) is 4.79 Å². The quantitative estimate of drug-likeness (QED) is 0.438. The van der Waals surface area contributed by atoms with Crippen LogP contribution in [0.1, 0.15) is 25.0 Å². The van der Waals surface area contributed by atoms with Gasteiger partial charge in [0, 0.05) is 5.57 Å². The third kappa shape index (κ3) is 3.73. The molecule has 16 heavy (non-hydrogen) atoms. The standard InChI is InChI=1S/C14H16O2/c1-4-12-5-7-13(8-6-12)9-10-16-14(15)11(2)3/h5-10H,2,4H2,1,3H3. The lowest BCUT2D eigenvalue weighted by Gasteiger charge is -1.98. The molecular formula is C14H16O2. The zero-order valence-electron chi connectivity index (χ0n) is 9.69. The van der Waals surface area contributed by atoms with E-state index in [0.29, 0.717) is 5.57 Å². The number of benzene rings is 1. The lowest BCUT2D eigenvalue weighted by atomic mass is 10.1. The van der Waals surface area contributed by atoms with Crippen molar-refractivity contribution in [1.82, 2.24) is 0 Å². The van der Waals surface area contributed by atoms with E-state index in [1.165, 1.54) is 11.8 Å². The SMILES string of the molecule is C=C(C)C(=O)OC=Cc1ccc(CC)cc1. The minimum absolute atomic E-state index is 0.394. The summed E-state index contributed by atoms with van der Waals surface area (Å²) in [5.74, 6) is -0.401. The fourth-order valence-electron chi connectivity index (χ4n) is 1.14. The lowest BCUT2D eigenvalue weighted by Crippen LogP contribution is -1.98. The van der Waals surface area contributed by atoms with Crippen molar-refractivity contribution in [2.24, 2.45) is 0 Å². The molecule has 0 fully saturated rings. The largest absolute Gasteiger partial charge is 0.431 e. The highest BCUT2D eigenvalue weighted by Crippen LogP contribution is 2.07. The molecule has 2 heteroatoms. The number of carbonyl (C=O) groups is 1. The molecule has 0 amide bonds. The van der Waals surface area contributed by atoms with E-state index in [4.69, 9.17) is 4.74 Å². The van der Waals surface area contributed by atoms with Gasteiger partial charge in [-0.25, -0.2) is 4.79 Å². The average molecular weight is 216 g/mol. The van der Waals surface area contributed by atoms with Gasteiger partial charge >= 0.3 is 5.97 Å². The monoisotopic (exact) mass is 216 g/mol. The van der Waals surface area contributed by atoms with E-state index < -0.39 is 5.97 Å². The Bertz CT molecular complexity index is 399. The topological polar surface area (TPSA) is 26.3 Å². The van der Waals surface area contributed by atoms with Gasteiger partial charge in [-0.2, -0.15) is 0 Å². The molecule has 0 radical (unpaired) electrons. The van der Waals surface area contributed by atoms with Gasteiger partial charge in [0.05, 0.1) is 6.26 Å². The van der Waals surface area contributed by atoms with Crippen molar-refractivity contribution in [2.45, 2.75) is 20.3 Å². The second-order valence-corrected chi connectivity index (χ2v) is 3.58. The first-order valence-electron chi connectivity index (χ1n) is 5.25. The van der Waals surface area contributed by atoms with E-state index in [0.717, 1.165) is 12.0 Å². The highest BCUT2D eigenvalue weighted by Gasteiger charge is 1.98. The Balaban J connectivity index is 2.56. The van der Waals surface area contributed by atoms with E-state index in [-0.39, 0.29) is 0 Å². The number of esters is 1. The highest BCUT2D eigenvalue weighted by atomic mass is 16.5. The number of aryl methyl sites for hydroxylation is 1. The molecule has 0 saturated heterocycles. The van der Waals surface area contributed by atoms with Crippen molar-refractivity contribution in [3.05, 3.63) is 53.8 Å². The predicted molar refractivity (Wildman–Crippen MR) is 65.8 cm³/mol. The molecule has 0 bridgehead atoms. The van der Waals surface area contributed by atoms with Crippen LogP contribution in [0.5, 0.6) is 0 Å². The average Bonchev–Trinajstić information content (AvgIpc) is 2.29. The van der Waals surface area contributed by atoms with Crippen LogP contribution in [-0.2, 0) is 16.0 Å². The molecule has 0 aliphatic carbocycles. The molecule has 84 valence electrons. The Morgan fingerprint density at radius 1 is 1.38 bits per heavy atom. The zero-order chi connectivity index (χ0) is 12.0. The summed E-state index contributed by atoms with van der Waals surface area (Å²) in [6.07, 6.45) is 4.16. The van der Waals surface area contributed by atoms with Gasteiger partial charge in [0.15, 0.2) is 0 Å². The van der Waals surface area contributed by atoms with Crippen LogP contribution in [0.15, 0.2) is 42.7 Å². The van der Waals surface area contributed by atoms with Gasteiger partial charge in [0.2, 0.25) is 0 Å². The van der Waals surface area contributed by atoms with Crippen molar-refractivity contribution in [3.63, 3.8) is 0 Å². The minimum Gasteiger partial charge on any atom is -0.431 e. The lowest BCUT2D eigenvalue weighted by molar-refractivity contribution is -0.133. The molecule has 1 aromatic rings. The number of ether oxygens (including phenoxy) is 1. The van der Waals surface area contributed by atoms with Crippen molar-refractivity contribution in [2.75, 3.05) is 0 Å². The van der Waals surface area contributed by atoms with Gasteiger partial charge in [0.25, 0.3) is 0 Å². The summed E-state index contributed by atoms with van der Waals surface area (Å²) < 4.78 is 4.84. The maximum Gasteiger partial charge on any atom is 0.337 e. The molecular weight excluding hydrogens is 200 g/mol. The molecule has 1 aromatic carbocycles. The normalized spacial score (nSPS) is 10.4. The second kappa shape index (κ2) is 5.91. The zero-order valence-corrected chi connectivity index (χ0v) is 9.69. The summed E-state index contributed by atoms with van der Waals surface area (Å²) >= 11 is 0. The fraction of sp³-hybridized carbons (Fsp3) is 0.214. The first-order valence-corrected chi connectivity index (χ1v) is 5.25. The van der Waals surface area contributed by atoms with Crippen molar-refractivity contribution in [1.29, 1.82) is 0 Å². The van der Waals surface area contributed by atoms with Crippen LogP contribution < -0.4 is 0 Å². The summed E-state index contributed by atoms with van der Waals surface area (Å²) in [5.41, 5.74) is 2.69. The predicted octanol–water partition coefficient (Wildman–Crippen LogP) is 3.34. The first kappa shape index (κ1) is 12.2. The number of hydrogen-bond donors (Lipinski definition) is 0. The molecule has 0 unspecified atom stereocenters. The third-order valence-corrected chi connectivity index (χ3v) is 2.17. The molecule has 1 rings (SSSR count). The van der Waals surface area contributed by atoms with Crippen LogP contribution in [-0.4, -0.2) is 5.97 Å². The maximum atomic E-state index is 11.1. The van der Waals surface area contributed by atoms with E-state index in [1.807, 2.05) is 12.1 Å². The van der Waals surface area contributed by atoms with E-state index >= 15 is 0 Å². The summed E-state index contributed by atoms with van der Waals surface area (Å²) in [5, 5.41) is 0. The van der Waals surface area contributed by atoms with Crippen molar-refractivity contribution in [3.8, 4) is 0 Å². The summed E-state index contributed by atoms with van der Waals surface area (Å²) in [7, 11) is 0. The van der Waals surface area contributed by atoms with Crippen LogP contribution in [0.3, 0.4) is 0 Å². The molecule has 0 spiro atoms. The highest BCUT2D eigenvalue weighted by molar-refractivity contribution is 5.87. The number of hydrogen-bond acceptors (Lipinski definition) is 2. The van der Waals surface area contributed by atoms with Crippen LogP contribution in [0.25, 0.3) is 6.08 Å².